The van der Waals surface area contributed by atoms with Crippen molar-refractivity contribution in [1.82, 2.24) is 9.88 Å². The molecule has 1 fully saturated rings. The molecular formula is C12H10F4N4O3. The van der Waals surface area contributed by atoms with E-state index in [9.17, 15) is 27.2 Å². The molecule has 2 N–H and O–H groups in total. The van der Waals surface area contributed by atoms with Gasteiger partial charge in [-0.15, -0.1) is 0 Å². The zero-order chi connectivity index (χ0) is 17.2. The Kier molecular flexibility index (Phi) is 4.67. The Morgan fingerprint density at radius 2 is 2.26 bits per heavy atom. The Labute approximate surface area is 126 Å². The van der Waals surface area contributed by atoms with Gasteiger partial charge < -0.3 is 14.6 Å². The van der Waals surface area contributed by atoms with E-state index in [4.69, 9.17) is 10.00 Å². The second-order valence-electron chi connectivity index (χ2n) is 4.66. The molecule has 1 aliphatic rings. The Morgan fingerprint density at radius 3 is 2.83 bits per heavy atom. The van der Waals surface area contributed by atoms with Crippen molar-refractivity contribution in [2.75, 3.05) is 11.9 Å². The number of halogens is 4. The Balaban J connectivity index is 2.16. The maximum absolute atomic E-state index is 13.4. The van der Waals surface area contributed by atoms with E-state index in [0.717, 1.165) is 0 Å². The normalized spacial score (nSPS) is 21.0. The molecule has 1 aromatic rings. The van der Waals surface area contributed by atoms with Crippen LogP contribution < -0.4 is 16.2 Å². The summed E-state index contributed by atoms with van der Waals surface area (Å²) in [5, 5.41) is 13.3. The van der Waals surface area contributed by atoms with Gasteiger partial charge in [0.15, 0.2) is 18.1 Å². The molecule has 1 aliphatic heterocycles. The van der Waals surface area contributed by atoms with E-state index >= 15 is 0 Å². The van der Waals surface area contributed by atoms with E-state index < -0.39 is 42.3 Å². The van der Waals surface area contributed by atoms with Crippen LogP contribution in [0.15, 0.2) is 17.1 Å². The molecule has 1 amide bonds. The molecule has 2 atom stereocenters. The van der Waals surface area contributed by atoms with Gasteiger partial charge in [0.05, 0.1) is 5.69 Å². The predicted molar refractivity (Wildman–Crippen MR) is 67.6 cm³/mol. The van der Waals surface area contributed by atoms with Gasteiger partial charge in [-0.2, -0.15) is 18.4 Å². The first-order valence-electron chi connectivity index (χ1n) is 6.25. The predicted octanol–water partition coefficient (Wildman–Crippen LogP) is 0.326. The summed E-state index contributed by atoms with van der Waals surface area (Å²) in [6.07, 6.45) is -6.09. The number of ether oxygens (including phenoxy) is 1. The lowest BCUT2D eigenvalue weighted by Gasteiger charge is -2.13. The first-order chi connectivity index (χ1) is 10.7. The van der Waals surface area contributed by atoms with E-state index in [1.165, 1.54) is 0 Å². The first-order valence-corrected chi connectivity index (χ1v) is 6.25. The molecule has 0 saturated carbocycles. The number of hydrogen-bond donors (Lipinski definition) is 2. The lowest BCUT2D eigenvalue weighted by molar-refractivity contribution is -0.141. The summed E-state index contributed by atoms with van der Waals surface area (Å²) in [6, 6.07) is 2.33. The summed E-state index contributed by atoms with van der Waals surface area (Å²) in [4.78, 5) is 23.2. The molecule has 2 rings (SSSR count). The van der Waals surface area contributed by atoms with Crippen LogP contribution in [-0.4, -0.2) is 35.5 Å². The highest BCUT2D eigenvalue weighted by Gasteiger charge is 2.31. The van der Waals surface area contributed by atoms with Crippen molar-refractivity contribution in [3.63, 3.8) is 0 Å². The maximum atomic E-state index is 13.4. The fraction of sp³-hybridized carbons (Fsp3) is 0.417. The van der Waals surface area contributed by atoms with Crippen LogP contribution in [0.5, 0.6) is 0 Å². The summed E-state index contributed by atoms with van der Waals surface area (Å²) in [7, 11) is 0. The third-order valence-electron chi connectivity index (χ3n) is 2.86. The van der Waals surface area contributed by atoms with E-state index in [1.807, 2.05) is 0 Å². The van der Waals surface area contributed by atoms with Gasteiger partial charge in [0, 0.05) is 18.8 Å². The zero-order valence-corrected chi connectivity index (χ0v) is 11.4. The van der Waals surface area contributed by atoms with Crippen LogP contribution in [0.4, 0.5) is 23.2 Å². The van der Waals surface area contributed by atoms with E-state index in [-0.39, 0.29) is 16.8 Å². The quantitative estimate of drug-likeness (QED) is 0.777. The lowest BCUT2D eigenvalue weighted by atomic mass is 10.3. The monoisotopic (exact) mass is 334 g/mol. The van der Waals surface area contributed by atoms with Gasteiger partial charge in [0.2, 0.25) is 0 Å². The molecule has 11 heteroatoms. The number of nitrogens with one attached hydrogen (secondary N) is 2. The van der Waals surface area contributed by atoms with Crippen molar-refractivity contribution in [2.24, 2.45) is 0 Å². The highest BCUT2D eigenvalue weighted by molar-refractivity contribution is 5.94. The first kappa shape index (κ1) is 16.9. The molecule has 0 spiro atoms. The topological polar surface area (TPSA) is 96.2 Å². The van der Waals surface area contributed by atoms with Crippen LogP contribution in [0.2, 0.25) is 0 Å². The lowest BCUT2D eigenvalue weighted by Crippen LogP contribution is -2.33. The SMILES string of the molecule is N#CC1NCC(C(=O)Nc2cc(F)c(=O)n(CC(F)(F)F)c2)O1. The number of nitriles is 1. The number of carbonyl (C=O) groups is 1. The maximum Gasteiger partial charge on any atom is 0.406 e. The molecule has 2 heterocycles. The number of aromatic nitrogens is 1. The van der Waals surface area contributed by atoms with Crippen LogP contribution in [0.3, 0.4) is 0 Å². The molecule has 23 heavy (non-hydrogen) atoms. The van der Waals surface area contributed by atoms with Crippen molar-refractivity contribution in [3.05, 3.63) is 28.4 Å². The standard InChI is InChI=1S/C12H10F4N4O3/c13-7-1-6(4-20(11(7)22)5-12(14,15)16)19-10(21)8-3-18-9(2-17)23-8/h1,4,8-9,18H,3,5H2,(H,19,21). The van der Waals surface area contributed by atoms with Gasteiger partial charge in [0.25, 0.3) is 11.5 Å². The minimum absolute atomic E-state index is 0.00866. The molecule has 1 saturated heterocycles. The molecule has 0 radical (unpaired) electrons. The molecule has 0 bridgehead atoms. The average Bonchev–Trinajstić information content (AvgIpc) is 2.91. The largest absolute Gasteiger partial charge is 0.406 e. The Bertz CT molecular complexity index is 710. The number of alkyl halides is 3. The number of hydrogen-bond acceptors (Lipinski definition) is 5. The number of anilines is 1. The van der Waals surface area contributed by atoms with E-state index in [2.05, 4.69) is 10.6 Å². The van der Waals surface area contributed by atoms with Crippen LogP contribution >= 0.6 is 0 Å². The number of carbonyl (C=O) groups excluding carboxylic acids is 1. The molecule has 0 aromatic carbocycles. The van der Waals surface area contributed by atoms with Gasteiger partial charge in [-0.3, -0.25) is 14.9 Å². The second-order valence-corrected chi connectivity index (χ2v) is 4.66. The third-order valence-corrected chi connectivity index (χ3v) is 2.86. The van der Waals surface area contributed by atoms with Crippen LogP contribution in [0.1, 0.15) is 0 Å². The van der Waals surface area contributed by atoms with E-state index in [0.29, 0.717) is 12.3 Å². The molecule has 7 nitrogen and oxygen atoms in total. The fourth-order valence-corrected chi connectivity index (χ4v) is 1.91. The van der Waals surface area contributed by atoms with Crippen LogP contribution in [-0.2, 0) is 16.1 Å². The number of amides is 1. The Hall–Kier alpha value is -2.45. The smallest absolute Gasteiger partial charge is 0.335 e. The molecule has 124 valence electrons. The van der Waals surface area contributed by atoms with Gasteiger partial charge in [-0.25, -0.2) is 4.39 Å². The van der Waals surface area contributed by atoms with Gasteiger partial charge in [-0.1, -0.05) is 0 Å². The van der Waals surface area contributed by atoms with Crippen molar-refractivity contribution in [1.29, 1.82) is 5.26 Å². The highest BCUT2D eigenvalue weighted by Crippen LogP contribution is 2.18. The van der Waals surface area contributed by atoms with Gasteiger partial charge in [-0.05, 0) is 0 Å². The minimum atomic E-state index is -4.72. The number of pyridine rings is 1. The van der Waals surface area contributed by atoms with Crippen LogP contribution in [0, 0.1) is 17.1 Å². The second kappa shape index (κ2) is 6.35. The molecule has 0 aliphatic carbocycles. The van der Waals surface area contributed by atoms with Gasteiger partial charge in [0.1, 0.15) is 12.6 Å². The zero-order valence-electron chi connectivity index (χ0n) is 11.4. The van der Waals surface area contributed by atoms with E-state index in [1.54, 1.807) is 6.07 Å². The van der Waals surface area contributed by atoms with Gasteiger partial charge >= 0.3 is 6.18 Å². The minimum Gasteiger partial charge on any atom is -0.335 e. The summed E-state index contributed by atoms with van der Waals surface area (Å²) < 4.78 is 55.6. The third kappa shape index (κ3) is 4.27. The van der Waals surface area contributed by atoms with Crippen molar-refractivity contribution in [3.8, 4) is 6.07 Å². The summed E-state index contributed by atoms with van der Waals surface area (Å²) in [6.45, 7) is -1.68. The molecule has 1 aromatic heterocycles. The summed E-state index contributed by atoms with van der Waals surface area (Å²) >= 11 is 0. The van der Waals surface area contributed by atoms with Crippen molar-refractivity contribution in [2.45, 2.75) is 25.1 Å². The van der Waals surface area contributed by atoms with Crippen molar-refractivity contribution >= 4 is 11.6 Å². The number of nitrogens with zero attached hydrogens (tertiary/aromatic N) is 2. The molecule has 2 unspecified atom stereocenters. The number of rotatable bonds is 3. The van der Waals surface area contributed by atoms with Crippen molar-refractivity contribution < 1.29 is 27.1 Å². The summed E-state index contributed by atoms with van der Waals surface area (Å²) in [5.41, 5.74) is -1.79. The Morgan fingerprint density at radius 1 is 1.57 bits per heavy atom. The fourth-order valence-electron chi connectivity index (χ4n) is 1.91. The average molecular weight is 334 g/mol. The highest BCUT2D eigenvalue weighted by atomic mass is 19.4. The summed E-state index contributed by atoms with van der Waals surface area (Å²) in [5.74, 6) is -2.22. The molecular weight excluding hydrogens is 324 g/mol. The van der Waals surface area contributed by atoms with Crippen LogP contribution in [0.25, 0.3) is 0 Å².